The van der Waals surface area contributed by atoms with E-state index in [1.165, 1.54) is 35.2 Å². The molecule has 0 bridgehead atoms. The van der Waals surface area contributed by atoms with Crippen LogP contribution in [0.15, 0.2) is 106 Å². The molecule has 0 atom stereocenters. The fraction of sp³-hybridized carbons (Fsp3) is 0.0625. The Labute approximate surface area is 254 Å². The average molecular weight is 642 g/mol. The molecule has 0 unspecified atom stereocenters. The van der Waals surface area contributed by atoms with Crippen molar-refractivity contribution in [3.05, 3.63) is 129 Å². The van der Waals surface area contributed by atoms with Crippen molar-refractivity contribution in [1.82, 2.24) is 10.4 Å². The molecule has 0 radical (unpaired) electrons. The van der Waals surface area contributed by atoms with E-state index in [2.05, 4.69) is 36.8 Å². The van der Waals surface area contributed by atoms with Crippen LogP contribution in [-0.2, 0) is 6.61 Å². The van der Waals surface area contributed by atoms with Gasteiger partial charge in [0.25, 0.3) is 5.91 Å². The lowest BCUT2D eigenvalue weighted by Gasteiger charge is -2.10. The smallest absolute Gasteiger partial charge is 0.335 e. The van der Waals surface area contributed by atoms with Gasteiger partial charge in [-0.25, -0.2) is 15.2 Å². The SMILES string of the molecule is Cc1ccc(Nc2nc(-c3ccc(C(=O)N/N=C\c4cc(Br)ccc4OCc4ccc(C(=O)O)cc4)cc3)cs2)cc1. The maximum Gasteiger partial charge on any atom is 0.335 e. The molecule has 42 heavy (non-hydrogen) atoms. The van der Waals surface area contributed by atoms with Gasteiger partial charge < -0.3 is 15.2 Å². The molecule has 1 aromatic heterocycles. The zero-order valence-electron chi connectivity index (χ0n) is 22.4. The summed E-state index contributed by atoms with van der Waals surface area (Å²) in [5.41, 5.74) is 8.59. The molecule has 0 aliphatic rings. The van der Waals surface area contributed by atoms with Crippen LogP contribution in [0, 0.1) is 6.92 Å². The van der Waals surface area contributed by atoms with Crippen LogP contribution in [0.3, 0.4) is 0 Å². The van der Waals surface area contributed by atoms with Crippen molar-refractivity contribution in [2.24, 2.45) is 5.10 Å². The molecule has 5 aromatic rings. The second kappa shape index (κ2) is 13.2. The number of hydrogen-bond donors (Lipinski definition) is 3. The van der Waals surface area contributed by atoms with E-state index < -0.39 is 5.97 Å². The van der Waals surface area contributed by atoms with Crippen LogP contribution >= 0.6 is 27.3 Å². The second-order valence-corrected chi connectivity index (χ2v) is 11.1. The van der Waals surface area contributed by atoms with Gasteiger partial charge >= 0.3 is 5.97 Å². The van der Waals surface area contributed by atoms with Crippen molar-refractivity contribution in [3.63, 3.8) is 0 Å². The lowest BCUT2D eigenvalue weighted by atomic mass is 10.1. The number of amides is 1. The Morgan fingerprint density at radius 1 is 0.976 bits per heavy atom. The molecule has 10 heteroatoms. The Morgan fingerprint density at radius 3 is 2.40 bits per heavy atom. The summed E-state index contributed by atoms with van der Waals surface area (Å²) >= 11 is 4.96. The van der Waals surface area contributed by atoms with Crippen LogP contribution < -0.4 is 15.5 Å². The quantitative estimate of drug-likeness (QED) is 0.107. The van der Waals surface area contributed by atoms with E-state index in [1.54, 1.807) is 30.3 Å². The maximum absolute atomic E-state index is 12.7. The molecule has 5 rings (SSSR count). The number of aromatic nitrogens is 1. The molecule has 3 N–H and O–H groups in total. The van der Waals surface area contributed by atoms with E-state index in [1.807, 2.05) is 60.8 Å². The minimum atomic E-state index is -0.980. The van der Waals surface area contributed by atoms with Gasteiger partial charge in [-0.15, -0.1) is 11.3 Å². The summed E-state index contributed by atoms with van der Waals surface area (Å²) in [5.74, 6) is -0.775. The minimum absolute atomic E-state index is 0.212. The first kappa shape index (κ1) is 28.7. The Hall–Kier alpha value is -4.80. The third kappa shape index (κ3) is 7.48. The maximum atomic E-state index is 12.7. The van der Waals surface area contributed by atoms with Crippen LogP contribution in [0.2, 0.25) is 0 Å². The standard InChI is InChI=1S/C32H25BrN4O4S/c1-20-2-13-27(14-3-20)35-32-36-28(19-42-32)22-8-10-23(11-9-22)30(38)37-34-17-25-16-26(33)12-15-29(25)41-18-21-4-6-24(7-5-21)31(39)40/h2-17,19H,18H2,1H3,(H,35,36)(H,37,38)(H,39,40)/b34-17-. The number of hydrogen-bond acceptors (Lipinski definition) is 7. The number of carbonyl (C=O) groups excluding carboxylic acids is 1. The third-order valence-electron chi connectivity index (χ3n) is 6.19. The van der Waals surface area contributed by atoms with E-state index in [0.717, 1.165) is 32.1 Å². The van der Waals surface area contributed by atoms with Gasteiger partial charge in [-0.2, -0.15) is 5.10 Å². The molecule has 1 amide bonds. The summed E-state index contributed by atoms with van der Waals surface area (Å²) in [5, 5.41) is 19.3. The fourth-order valence-electron chi connectivity index (χ4n) is 3.90. The van der Waals surface area contributed by atoms with Gasteiger partial charge in [0.05, 0.1) is 17.5 Å². The molecular weight excluding hydrogens is 616 g/mol. The normalized spacial score (nSPS) is 10.9. The highest BCUT2D eigenvalue weighted by molar-refractivity contribution is 9.10. The van der Waals surface area contributed by atoms with Crippen molar-refractivity contribution in [1.29, 1.82) is 0 Å². The zero-order chi connectivity index (χ0) is 29.5. The Morgan fingerprint density at radius 2 is 1.69 bits per heavy atom. The molecule has 8 nitrogen and oxygen atoms in total. The van der Waals surface area contributed by atoms with Crippen LogP contribution in [0.25, 0.3) is 11.3 Å². The highest BCUT2D eigenvalue weighted by Crippen LogP contribution is 2.28. The average Bonchev–Trinajstić information content (AvgIpc) is 3.46. The molecule has 0 aliphatic carbocycles. The summed E-state index contributed by atoms with van der Waals surface area (Å²) in [6, 6.07) is 27.2. The largest absolute Gasteiger partial charge is 0.488 e. The zero-order valence-corrected chi connectivity index (χ0v) is 24.8. The highest BCUT2D eigenvalue weighted by Gasteiger charge is 2.09. The van der Waals surface area contributed by atoms with Gasteiger partial charge in [-0.05, 0) is 67.1 Å². The summed E-state index contributed by atoms with van der Waals surface area (Å²) in [6.07, 6.45) is 1.51. The number of aromatic carboxylic acids is 1. The number of nitrogens with zero attached hydrogens (tertiary/aromatic N) is 2. The number of hydrazone groups is 1. The molecule has 4 aromatic carbocycles. The number of aryl methyl sites for hydroxylation is 1. The summed E-state index contributed by atoms with van der Waals surface area (Å²) in [7, 11) is 0. The van der Waals surface area contributed by atoms with Crippen LogP contribution in [0.5, 0.6) is 5.75 Å². The molecule has 0 saturated carbocycles. The number of carbonyl (C=O) groups is 2. The molecule has 0 saturated heterocycles. The predicted octanol–water partition coefficient (Wildman–Crippen LogP) is 7.67. The van der Waals surface area contributed by atoms with Gasteiger partial charge in [-0.3, -0.25) is 4.79 Å². The second-order valence-electron chi connectivity index (χ2n) is 9.28. The van der Waals surface area contributed by atoms with E-state index in [-0.39, 0.29) is 18.1 Å². The number of carboxylic acids is 1. The van der Waals surface area contributed by atoms with Crippen molar-refractivity contribution in [2.45, 2.75) is 13.5 Å². The monoisotopic (exact) mass is 640 g/mol. The van der Waals surface area contributed by atoms with E-state index in [9.17, 15) is 9.59 Å². The number of anilines is 2. The molecule has 1 heterocycles. The first-order valence-corrected chi connectivity index (χ1v) is 14.5. The van der Waals surface area contributed by atoms with Gasteiger partial charge in [0, 0.05) is 32.2 Å². The summed E-state index contributed by atoms with van der Waals surface area (Å²) in [4.78, 5) is 28.4. The number of rotatable bonds is 10. The van der Waals surface area contributed by atoms with E-state index in [0.29, 0.717) is 16.9 Å². The summed E-state index contributed by atoms with van der Waals surface area (Å²) in [6.45, 7) is 2.29. The van der Waals surface area contributed by atoms with Crippen LogP contribution in [-0.4, -0.2) is 28.2 Å². The minimum Gasteiger partial charge on any atom is -0.488 e. The van der Waals surface area contributed by atoms with Gasteiger partial charge in [0.15, 0.2) is 5.13 Å². The van der Waals surface area contributed by atoms with Crippen molar-refractivity contribution in [2.75, 3.05) is 5.32 Å². The number of ether oxygens (including phenoxy) is 1. The van der Waals surface area contributed by atoms with Crippen LogP contribution in [0.4, 0.5) is 10.8 Å². The lowest BCUT2D eigenvalue weighted by molar-refractivity contribution is 0.0696. The number of benzene rings is 4. The number of thiazole rings is 1. The predicted molar refractivity (Wildman–Crippen MR) is 169 cm³/mol. The Kier molecular flexibility index (Phi) is 9.05. The van der Waals surface area contributed by atoms with Gasteiger partial charge in [0.2, 0.25) is 0 Å². The molecular formula is C32H25BrN4O4S. The van der Waals surface area contributed by atoms with Gasteiger partial charge in [0.1, 0.15) is 12.4 Å². The Bertz CT molecular complexity index is 1730. The van der Waals surface area contributed by atoms with Crippen molar-refractivity contribution < 1.29 is 19.4 Å². The van der Waals surface area contributed by atoms with Crippen molar-refractivity contribution in [3.8, 4) is 17.0 Å². The molecule has 210 valence electrons. The fourth-order valence-corrected chi connectivity index (χ4v) is 5.02. The first-order chi connectivity index (χ1) is 20.3. The van der Waals surface area contributed by atoms with Gasteiger partial charge in [-0.1, -0.05) is 57.9 Å². The third-order valence-corrected chi connectivity index (χ3v) is 7.44. The highest BCUT2D eigenvalue weighted by atomic mass is 79.9. The lowest BCUT2D eigenvalue weighted by Crippen LogP contribution is -2.17. The van der Waals surface area contributed by atoms with Crippen molar-refractivity contribution >= 4 is 56.2 Å². The number of nitrogens with one attached hydrogen (secondary N) is 2. The van der Waals surface area contributed by atoms with Crippen LogP contribution in [0.1, 0.15) is 37.4 Å². The molecule has 0 spiro atoms. The first-order valence-electron chi connectivity index (χ1n) is 12.8. The molecule has 0 aliphatic heterocycles. The number of halogens is 1. The summed E-state index contributed by atoms with van der Waals surface area (Å²) < 4.78 is 6.76. The number of carboxylic acid groups (broad SMARTS) is 1. The van der Waals surface area contributed by atoms with E-state index >= 15 is 0 Å². The topological polar surface area (TPSA) is 113 Å². The van der Waals surface area contributed by atoms with E-state index in [4.69, 9.17) is 9.84 Å². The Balaban J connectivity index is 1.19. The molecule has 0 fully saturated rings.